The largest absolute Gasteiger partial charge is 0.469 e. The zero-order valence-corrected chi connectivity index (χ0v) is 21.8. The number of hydrogen-bond donors (Lipinski definition) is 0. The summed E-state index contributed by atoms with van der Waals surface area (Å²) in [5.74, 6) is -1.76. The maximum Gasteiger partial charge on any atom is 0.324 e. The molecule has 0 unspecified atom stereocenters. The molecule has 0 spiro atoms. The summed E-state index contributed by atoms with van der Waals surface area (Å²) in [5.41, 5.74) is 5.42. The Morgan fingerprint density at radius 2 is 1.16 bits per heavy atom. The minimum Gasteiger partial charge on any atom is -0.469 e. The van der Waals surface area contributed by atoms with E-state index in [1.807, 2.05) is 72.8 Å². The lowest BCUT2D eigenvalue weighted by molar-refractivity contribution is -0.161. The summed E-state index contributed by atoms with van der Waals surface area (Å²) in [6, 6.07) is 35.9. The second-order valence-electron chi connectivity index (χ2n) is 9.56. The van der Waals surface area contributed by atoms with Crippen molar-refractivity contribution in [1.82, 2.24) is 4.90 Å². The Hall–Kier alpha value is -4.22. The molecule has 0 bridgehead atoms. The van der Waals surface area contributed by atoms with Crippen molar-refractivity contribution >= 4 is 11.9 Å². The lowest BCUT2D eigenvalue weighted by Crippen LogP contribution is -2.58. The standard InChI is InChI=1S/C33H31NO4/c1-23(31(35)37-2)30(32(36)38-3)34(22-24-14-6-4-7-15-24)33(25-16-8-5-9-17-25)28-20-12-10-18-26(28)27-19-11-13-21-29(27)33/h4-21,23,30H,22H2,1-3H3/t23-,30-/m1/s1. The highest BCUT2D eigenvalue weighted by Crippen LogP contribution is 2.55. The second-order valence-corrected chi connectivity index (χ2v) is 9.56. The van der Waals surface area contributed by atoms with Crippen LogP contribution in [0.25, 0.3) is 11.1 Å². The number of nitrogens with zero attached hydrogens (tertiary/aromatic N) is 1. The zero-order valence-electron chi connectivity index (χ0n) is 21.8. The van der Waals surface area contributed by atoms with Gasteiger partial charge >= 0.3 is 11.9 Å². The van der Waals surface area contributed by atoms with Crippen LogP contribution in [0.1, 0.15) is 29.2 Å². The molecule has 0 saturated heterocycles. The number of rotatable bonds is 8. The van der Waals surface area contributed by atoms with Crippen LogP contribution in [-0.2, 0) is 31.1 Å². The first-order chi connectivity index (χ1) is 18.5. The number of methoxy groups -OCH3 is 2. The predicted molar refractivity (Wildman–Crippen MR) is 147 cm³/mol. The van der Waals surface area contributed by atoms with Gasteiger partial charge in [0.1, 0.15) is 6.04 Å². The first kappa shape index (κ1) is 25.4. The summed E-state index contributed by atoms with van der Waals surface area (Å²) in [5, 5.41) is 0. The summed E-state index contributed by atoms with van der Waals surface area (Å²) in [4.78, 5) is 28.8. The SMILES string of the molecule is COC(=O)[C@H](C)[C@H](C(=O)OC)N(Cc1ccccc1)C1(c2ccccc2)c2ccccc2-c2ccccc21. The van der Waals surface area contributed by atoms with Gasteiger partial charge in [0.25, 0.3) is 0 Å². The van der Waals surface area contributed by atoms with Gasteiger partial charge in [0.15, 0.2) is 0 Å². The fourth-order valence-corrected chi connectivity index (χ4v) is 5.92. The van der Waals surface area contributed by atoms with E-state index in [9.17, 15) is 9.59 Å². The quantitative estimate of drug-likeness (QED) is 0.283. The van der Waals surface area contributed by atoms with E-state index in [0.717, 1.165) is 33.4 Å². The van der Waals surface area contributed by atoms with E-state index >= 15 is 0 Å². The van der Waals surface area contributed by atoms with Crippen LogP contribution in [0.15, 0.2) is 109 Å². The van der Waals surface area contributed by atoms with Crippen LogP contribution >= 0.6 is 0 Å². The van der Waals surface area contributed by atoms with Gasteiger partial charge in [-0.2, -0.15) is 0 Å². The van der Waals surface area contributed by atoms with Gasteiger partial charge in [-0.05, 0) is 40.3 Å². The third-order valence-electron chi connectivity index (χ3n) is 7.57. The van der Waals surface area contributed by atoms with E-state index in [4.69, 9.17) is 9.47 Å². The fraction of sp³-hybridized carbons (Fsp3) is 0.212. The van der Waals surface area contributed by atoms with E-state index in [0.29, 0.717) is 6.54 Å². The van der Waals surface area contributed by atoms with Crippen molar-refractivity contribution in [3.05, 3.63) is 131 Å². The molecule has 2 atom stereocenters. The minimum absolute atomic E-state index is 0.388. The Morgan fingerprint density at radius 1 is 0.684 bits per heavy atom. The van der Waals surface area contributed by atoms with Gasteiger partial charge in [-0.15, -0.1) is 0 Å². The van der Waals surface area contributed by atoms with Crippen molar-refractivity contribution in [3.63, 3.8) is 0 Å². The Kier molecular flexibility index (Phi) is 7.12. The van der Waals surface area contributed by atoms with Crippen LogP contribution < -0.4 is 0 Å². The van der Waals surface area contributed by atoms with Crippen molar-refractivity contribution in [1.29, 1.82) is 0 Å². The monoisotopic (exact) mass is 505 g/mol. The average Bonchev–Trinajstić information content (AvgIpc) is 3.28. The van der Waals surface area contributed by atoms with Gasteiger partial charge in [-0.3, -0.25) is 14.5 Å². The topological polar surface area (TPSA) is 55.8 Å². The first-order valence-corrected chi connectivity index (χ1v) is 12.7. The number of fused-ring (bicyclic) bond motifs is 3. The van der Waals surface area contributed by atoms with Crippen LogP contribution in [-0.4, -0.2) is 37.1 Å². The molecular weight excluding hydrogens is 474 g/mol. The molecule has 4 aromatic carbocycles. The Labute approximate surface area is 223 Å². The predicted octanol–water partition coefficient (Wildman–Crippen LogP) is 5.81. The summed E-state index contributed by atoms with van der Waals surface area (Å²) >= 11 is 0. The fourth-order valence-electron chi connectivity index (χ4n) is 5.92. The summed E-state index contributed by atoms with van der Waals surface area (Å²) in [6.07, 6.45) is 0. The average molecular weight is 506 g/mol. The smallest absolute Gasteiger partial charge is 0.324 e. The highest BCUT2D eigenvalue weighted by Gasteiger charge is 2.54. The van der Waals surface area contributed by atoms with Gasteiger partial charge < -0.3 is 9.47 Å². The number of carbonyl (C=O) groups is 2. The Morgan fingerprint density at radius 3 is 1.68 bits per heavy atom. The molecule has 38 heavy (non-hydrogen) atoms. The van der Waals surface area contributed by atoms with E-state index in [-0.39, 0.29) is 0 Å². The Bertz CT molecular complexity index is 1390. The van der Waals surface area contributed by atoms with Crippen LogP contribution in [0.2, 0.25) is 0 Å². The van der Waals surface area contributed by atoms with Crippen molar-refractivity contribution in [3.8, 4) is 11.1 Å². The van der Waals surface area contributed by atoms with Gasteiger partial charge in [0.2, 0.25) is 0 Å². The molecule has 4 aromatic rings. The van der Waals surface area contributed by atoms with E-state index in [1.165, 1.54) is 14.2 Å². The molecule has 0 radical (unpaired) electrons. The highest BCUT2D eigenvalue weighted by atomic mass is 16.5. The second kappa shape index (κ2) is 10.6. The molecule has 1 aliphatic carbocycles. The summed E-state index contributed by atoms with van der Waals surface area (Å²) < 4.78 is 10.5. The zero-order chi connectivity index (χ0) is 26.7. The summed E-state index contributed by atoms with van der Waals surface area (Å²) in [6.45, 7) is 2.12. The number of ether oxygens (including phenoxy) is 2. The molecule has 0 aromatic heterocycles. The molecule has 5 nitrogen and oxygen atoms in total. The number of benzene rings is 4. The van der Waals surface area contributed by atoms with Crippen LogP contribution in [0, 0.1) is 5.92 Å². The number of hydrogen-bond acceptors (Lipinski definition) is 5. The lowest BCUT2D eigenvalue weighted by atomic mass is 9.76. The molecule has 5 rings (SSSR count). The van der Waals surface area contributed by atoms with Gasteiger partial charge in [-0.1, -0.05) is 109 Å². The van der Waals surface area contributed by atoms with Gasteiger partial charge in [0.05, 0.1) is 25.7 Å². The number of carbonyl (C=O) groups excluding carboxylic acids is 2. The molecule has 0 amide bonds. The lowest BCUT2D eigenvalue weighted by Gasteiger charge is -2.47. The highest BCUT2D eigenvalue weighted by molar-refractivity contribution is 5.87. The van der Waals surface area contributed by atoms with E-state index < -0.39 is 29.4 Å². The maximum absolute atomic E-state index is 13.7. The van der Waals surface area contributed by atoms with E-state index in [2.05, 4.69) is 41.3 Å². The normalized spacial score (nSPS) is 14.7. The van der Waals surface area contributed by atoms with E-state index in [1.54, 1.807) is 6.92 Å². The third kappa shape index (κ3) is 4.09. The van der Waals surface area contributed by atoms with Crippen molar-refractivity contribution in [2.45, 2.75) is 25.0 Å². The maximum atomic E-state index is 13.7. The van der Waals surface area contributed by atoms with Gasteiger partial charge in [0, 0.05) is 6.54 Å². The molecule has 0 N–H and O–H groups in total. The molecule has 192 valence electrons. The third-order valence-corrected chi connectivity index (χ3v) is 7.57. The molecular formula is C33H31NO4. The summed E-state index contributed by atoms with van der Waals surface area (Å²) in [7, 11) is 2.72. The van der Waals surface area contributed by atoms with Crippen molar-refractivity contribution in [2.24, 2.45) is 5.92 Å². The van der Waals surface area contributed by atoms with Crippen LogP contribution in [0.4, 0.5) is 0 Å². The molecule has 1 aliphatic rings. The van der Waals surface area contributed by atoms with Crippen LogP contribution in [0.5, 0.6) is 0 Å². The van der Waals surface area contributed by atoms with Gasteiger partial charge in [-0.25, -0.2) is 0 Å². The molecule has 5 heteroatoms. The van der Waals surface area contributed by atoms with Crippen molar-refractivity contribution in [2.75, 3.05) is 14.2 Å². The first-order valence-electron chi connectivity index (χ1n) is 12.7. The number of esters is 2. The molecule has 0 fully saturated rings. The minimum atomic E-state index is -0.938. The Balaban J connectivity index is 1.89. The molecule has 0 aliphatic heterocycles. The molecule has 0 saturated carbocycles. The van der Waals surface area contributed by atoms with Crippen molar-refractivity contribution < 1.29 is 19.1 Å². The van der Waals surface area contributed by atoms with Crippen LogP contribution in [0.3, 0.4) is 0 Å². The molecule has 0 heterocycles.